The van der Waals surface area contributed by atoms with Gasteiger partial charge in [0, 0.05) is 0 Å². The number of aromatic amines is 2. The Morgan fingerprint density at radius 2 is 1.92 bits per heavy atom. The van der Waals surface area contributed by atoms with Crippen LogP contribution in [0.1, 0.15) is 12.6 Å². The summed E-state index contributed by atoms with van der Waals surface area (Å²) in [5.41, 5.74) is 3.89. The van der Waals surface area contributed by atoms with E-state index in [4.69, 9.17) is 45.3 Å². The molecule has 0 unspecified atom stereocenters. The summed E-state index contributed by atoms with van der Waals surface area (Å²) in [7, 11) is 0. The van der Waals surface area contributed by atoms with E-state index < -0.39 is 23.2 Å². The maximum atomic E-state index is 12.1. The Morgan fingerprint density at radius 1 is 1.23 bits per heavy atom. The maximum absolute atomic E-state index is 12.1. The number of carbonyl (C=O) groups is 1. The van der Waals surface area contributed by atoms with Crippen molar-refractivity contribution in [2.75, 3.05) is 12.3 Å². The lowest BCUT2D eigenvalue weighted by atomic mass is 10.2. The first-order valence-electron chi connectivity index (χ1n) is 7.35. The van der Waals surface area contributed by atoms with Crippen molar-refractivity contribution in [2.24, 2.45) is 0 Å². The van der Waals surface area contributed by atoms with Crippen LogP contribution in [0, 0.1) is 0 Å². The van der Waals surface area contributed by atoms with E-state index in [1.807, 2.05) is 4.98 Å². The molecule has 1 amide bonds. The molecule has 8 nitrogen and oxygen atoms in total. The van der Waals surface area contributed by atoms with Gasteiger partial charge >= 0.3 is 5.69 Å². The average Bonchev–Trinajstić information content (AvgIpc) is 2.56. The molecular formula is C15H15Cl3N4O4. The van der Waals surface area contributed by atoms with Gasteiger partial charge in [-0.25, -0.2) is 4.79 Å². The Morgan fingerprint density at radius 3 is 2.62 bits per heavy atom. The van der Waals surface area contributed by atoms with E-state index in [-0.39, 0.29) is 34.5 Å². The molecule has 11 heteroatoms. The monoisotopic (exact) mass is 420 g/mol. The number of hydrogen-bond acceptors (Lipinski definition) is 5. The molecule has 0 aliphatic rings. The predicted molar refractivity (Wildman–Crippen MR) is 100 cm³/mol. The van der Waals surface area contributed by atoms with Gasteiger partial charge in [-0.05, 0) is 19.1 Å². The fourth-order valence-electron chi connectivity index (χ4n) is 2.05. The highest BCUT2D eigenvalue weighted by molar-refractivity contribution is 6.48. The molecule has 1 aromatic carbocycles. The molecule has 0 fully saturated rings. The summed E-state index contributed by atoms with van der Waals surface area (Å²) in [5.74, 6) is -0.125. The lowest BCUT2D eigenvalue weighted by molar-refractivity contribution is -0.121. The normalized spacial score (nSPS) is 11.8. The van der Waals surface area contributed by atoms with Crippen LogP contribution in [0.4, 0.5) is 5.69 Å². The fourth-order valence-corrected chi connectivity index (χ4v) is 2.63. The number of ether oxygens (including phenoxy) is 1. The Hall–Kier alpha value is -2.16. The SMILES string of the molecule is C[C@H](COc1ccc(Cl)c(Cl)c1Cl)NC(=O)Cc1[nH]c(=O)[nH]c(=O)c1N. The number of nitrogens with one attached hydrogen (secondary N) is 3. The van der Waals surface area contributed by atoms with Crippen molar-refractivity contribution in [2.45, 2.75) is 19.4 Å². The van der Waals surface area contributed by atoms with E-state index in [9.17, 15) is 14.4 Å². The third-order valence-corrected chi connectivity index (χ3v) is 4.57. The van der Waals surface area contributed by atoms with Gasteiger partial charge in [-0.2, -0.15) is 0 Å². The van der Waals surface area contributed by atoms with Crippen LogP contribution in [0.2, 0.25) is 15.1 Å². The summed E-state index contributed by atoms with van der Waals surface area (Å²) >= 11 is 17.8. The number of amides is 1. The molecule has 2 rings (SSSR count). The van der Waals surface area contributed by atoms with E-state index in [1.165, 1.54) is 0 Å². The lowest BCUT2D eigenvalue weighted by Crippen LogP contribution is -2.38. The molecule has 0 aliphatic carbocycles. The second-order valence-corrected chi connectivity index (χ2v) is 6.59. The van der Waals surface area contributed by atoms with Crippen LogP contribution in [0.15, 0.2) is 21.7 Å². The molecule has 2 aromatic rings. The number of anilines is 1. The van der Waals surface area contributed by atoms with Crippen molar-refractivity contribution in [3.63, 3.8) is 0 Å². The first-order valence-corrected chi connectivity index (χ1v) is 8.49. The summed E-state index contributed by atoms with van der Waals surface area (Å²) in [6.45, 7) is 1.80. The van der Waals surface area contributed by atoms with Crippen LogP contribution in [0.3, 0.4) is 0 Å². The van der Waals surface area contributed by atoms with Crippen molar-refractivity contribution < 1.29 is 9.53 Å². The minimum absolute atomic E-state index is 0.0388. The lowest BCUT2D eigenvalue weighted by Gasteiger charge is -2.16. The molecule has 0 spiro atoms. The van der Waals surface area contributed by atoms with E-state index in [2.05, 4.69) is 10.3 Å². The summed E-state index contributed by atoms with van der Waals surface area (Å²) in [6, 6.07) is 2.70. The molecule has 0 aliphatic heterocycles. The molecule has 0 saturated carbocycles. The summed E-state index contributed by atoms with van der Waals surface area (Å²) in [6.07, 6.45) is -0.261. The van der Waals surface area contributed by atoms with E-state index in [0.717, 1.165) is 0 Å². The van der Waals surface area contributed by atoms with Crippen molar-refractivity contribution >= 4 is 46.4 Å². The molecule has 140 valence electrons. The van der Waals surface area contributed by atoms with Gasteiger partial charge < -0.3 is 20.8 Å². The zero-order valence-electron chi connectivity index (χ0n) is 13.5. The van der Waals surface area contributed by atoms with Crippen LogP contribution in [0.5, 0.6) is 5.75 Å². The van der Waals surface area contributed by atoms with Gasteiger partial charge in [0.1, 0.15) is 23.1 Å². The third-order valence-electron chi connectivity index (χ3n) is 3.29. The quantitative estimate of drug-likeness (QED) is 0.528. The number of carbonyl (C=O) groups excluding carboxylic acids is 1. The van der Waals surface area contributed by atoms with Gasteiger partial charge in [-0.1, -0.05) is 34.8 Å². The van der Waals surface area contributed by atoms with Crippen molar-refractivity contribution in [1.82, 2.24) is 15.3 Å². The van der Waals surface area contributed by atoms with E-state index in [1.54, 1.807) is 19.1 Å². The first kappa shape index (κ1) is 20.2. The van der Waals surface area contributed by atoms with Crippen LogP contribution < -0.4 is 27.0 Å². The van der Waals surface area contributed by atoms with Crippen molar-refractivity contribution in [3.8, 4) is 5.75 Å². The van der Waals surface area contributed by atoms with Crippen LogP contribution in [-0.4, -0.2) is 28.5 Å². The molecule has 0 bridgehead atoms. The van der Waals surface area contributed by atoms with Gasteiger partial charge in [-0.15, -0.1) is 0 Å². The number of nitrogen functional groups attached to an aromatic ring is 1. The highest BCUT2D eigenvalue weighted by Gasteiger charge is 2.15. The molecule has 1 heterocycles. The summed E-state index contributed by atoms with van der Waals surface area (Å²) < 4.78 is 5.52. The Balaban J connectivity index is 1.95. The number of H-pyrrole nitrogens is 2. The predicted octanol–water partition coefficient (Wildman–Crippen LogP) is 1.73. The first-order chi connectivity index (χ1) is 12.2. The second-order valence-electron chi connectivity index (χ2n) is 5.43. The number of rotatable bonds is 6. The highest BCUT2D eigenvalue weighted by atomic mass is 35.5. The Labute approximate surface area is 162 Å². The Kier molecular flexibility index (Phi) is 6.57. The topological polar surface area (TPSA) is 130 Å². The molecule has 26 heavy (non-hydrogen) atoms. The van der Waals surface area contributed by atoms with Gasteiger partial charge in [0.15, 0.2) is 0 Å². The Bertz CT molecular complexity index is 941. The molecule has 0 saturated heterocycles. The molecule has 0 radical (unpaired) electrons. The third kappa shape index (κ3) is 4.94. The smallest absolute Gasteiger partial charge is 0.326 e. The number of halogens is 3. The van der Waals surface area contributed by atoms with Gasteiger partial charge in [0.05, 0.1) is 28.2 Å². The average molecular weight is 422 g/mol. The van der Waals surface area contributed by atoms with Crippen LogP contribution >= 0.6 is 34.8 Å². The molecule has 1 aromatic heterocycles. The summed E-state index contributed by atoms with van der Waals surface area (Å²) in [5, 5.41) is 3.30. The van der Waals surface area contributed by atoms with Gasteiger partial charge in [0.2, 0.25) is 5.91 Å². The van der Waals surface area contributed by atoms with Crippen LogP contribution in [0.25, 0.3) is 0 Å². The number of aromatic nitrogens is 2. The number of nitrogens with two attached hydrogens (primary N) is 1. The minimum Gasteiger partial charge on any atom is -0.490 e. The minimum atomic E-state index is -0.748. The molecular weight excluding hydrogens is 407 g/mol. The molecule has 5 N–H and O–H groups in total. The largest absolute Gasteiger partial charge is 0.490 e. The fraction of sp³-hybridized carbons (Fsp3) is 0.267. The highest BCUT2D eigenvalue weighted by Crippen LogP contribution is 2.37. The zero-order valence-corrected chi connectivity index (χ0v) is 15.8. The van der Waals surface area contributed by atoms with Crippen LogP contribution in [-0.2, 0) is 11.2 Å². The van der Waals surface area contributed by atoms with Gasteiger partial charge in [-0.3, -0.25) is 14.6 Å². The van der Waals surface area contributed by atoms with E-state index in [0.29, 0.717) is 10.8 Å². The zero-order chi connectivity index (χ0) is 19.4. The number of benzene rings is 1. The number of hydrogen-bond donors (Lipinski definition) is 4. The van der Waals surface area contributed by atoms with Crippen molar-refractivity contribution in [3.05, 3.63) is 53.7 Å². The molecule has 1 atom stereocenters. The van der Waals surface area contributed by atoms with Gasteiger partial charge in [0.25, 0.3) is 5.56 Å². The maximum Gasteiger partial charge on any atom is 0.326 e. The van der Waals surface area contributed by atoms with Crippen molar-refractivity contribution in [1.29, 1.82) is 0 Å². The van der Waals surface area contributed by atoms with E-state index >= 15 is 0 Å². The summed E-state index contributed by atoms with van der Waals surface area (Å²) in [4.78, 5) is 39.0. The standard InChI is InChI=1S/C15H15Cl3N4O4/c1-6(5-26-9-3-2-7(16)11(17)12(9)18)20-10(23)4-8-13(19)14(24)22-15(25)21-8/h2-3,6H,4-5,19H2,1H3,(H,20,23)(H2,21,22,24,25)/t6-/m1/s1. The second kappa shape index (κ2) is 8.48.